The van der Waals surface area contributed by atoms with Crippen LogP contribution in [0.1, 0.15) is 19.8 Å². The molecule has 0 aromatic carbocycles. The lowest BCUT2D eigenvalue weighted by Crippen LogP contribution is -2.35. The van der Waals surface area contributed by atoms with Gasteiger partial charge in [-0.05, 0) is 39.3 Å². The first-order chi connectivity index (χ1) is 7.24. The molecule has 0 bridgehead atoms. The van der Waals surface area contributed by atoms with Gasteiger partial charge in [0.15, 0.2) is 5.17 Å². The van der Waals surface area contributed by atoms with Crippen molar-refractivity contribution in [2.45, 2.75) is 25.8 Å². The van der Waals surface area contributed by atoms with E-state index in [-0.39, 0.29) is 0 Å². The highest BCUT2D eigenvalue weighted by molar-refractivity contribution is 8.13. The summed E-state index contributed by atoms with van der Waals surface area (Å²) in [5.41, 5.74) is 0. The van der Waals surface area contributed by atoms with Gasteiger partial charge in [-0.2, -0.15) is 0 Å². The summed E-state index contributed by atoms with van der Waals surface area (Å²) < 4.78 is 0. The van der Waals surface area contributed by atoms with E-state index in [1.165, 1.54) is 36.9 Å². The van der Waals surface area contributed by atoms with Crippen LogP contribution in [0.15, 0.2) is 4.99 Å². The van der Waals surface area contributed by atoms with Gasteiger partial charge in [-0.25, -0.2) is 0 Å². The number of hydrogen-bond donors (Lipinski definition) is 1. The predicted molar refractivity (Wildman–Crippen MR) is 67.6 cm³/mol. The smallest absolute Gasteiger partial charge is 0.156 e. The standard InChI is InChI=1S/C11H21N3S/c1-9-4-6-15-11(13-9)12-7-10-3-5-14(2)8-10/h9-10H,3-8H2,1-2H3,(H,12,13). The topological polar surface area (TPSA) is 27.6 Å². The normalized spacial score (nSPS) is 35.7. The largest absolute Gasteiger partial charge is 0.362 e. The molecule has 1 N–H and O–H groups in total. The average molecular weight is 227 g/mol. The molecule has 2 unspecified atom stereocenters. The Balaban J connectivity index is 1.77. The molecule has 86 valence electrons. The molecule has 2 rings (SSSR count). The zero-order chi connectivity index (χ0) is 10.7. The minimum Gasteiger partial charge on any atom is -0.362 e. The number of likely N-dealkylation sites (tertiary alicyclic amines) is 1. The fourth-order valence-corrected chi connectivity index (χ4v) is 3.25. The van der Waals surface area contributed by atoms with E-state index in [0.29, 0.717) is 6.04 Å². The fraction of sp³-hybridized carbons (Fsp3) is 0.909. The molecule has 2 saturated heterocycles. The minimum atomic E-state index is 0.608. The van der Waals surface area contributed by atoms with Gasteiger partial charge in [0, 0.05) is 24.9 Å². The first-order valence-corrected chi connectivity index (χ1v) is 6.85. The SMILES string of the molecule is CC1CCSC(=NCC2CCN(C)C2)N1. The van der Waals surface area contributed by atoms with Crippen LogP contribution < -0.4 is 5.32 Å². The number of rotatable bonds is 2. The van der Waals surface area contributed by atoms with Gasteiger partial charge in [-0.3, -0.25) is 4.99 Å². The van der Waals surface area contributed by atoms with Crippen LogP contribution in [0.2, 0.25) is 0 Å². The molecule has 0 amide bonds. The fourth-order valence-electron chi connectivity index (χ4n) is 2.14. The lowest BCUT2D eigenvalue weighted by molar-refractivity contribution is 0.397. The van der Waals surface area contributed by atoms with Crippen molar-refractivity contribution < 1.29 is 0 Å². The summed E-state index contributed by atoms with van der Waals surface area (Å²) in [6.07, 6.45) is 2.57. The Morgan fingerprint density at radius 3 is 3.07 bits per heavy atom. The van der Waals surface area contributed by atoms with Gasteiger partial charge in [-0.15, -0.1) is 0 Å². The maximum absolute atomic E-state index is 4.69. The van der Waals surface area contributed by atoms with Crippen molar-refractivity contribution in [2.24, 2.45) is 10.9 Å². The highest BCUT2D eigenvalue weighted by Crippen LogP contribution is 2.17. The zero-order valence-electron chi connectivity index (χ0n) is 9.70. The first kappa shape index (κ1) is 11.3. The quantitative estimate of drug-likeness (QED) is 0.773. The monoisotopic (exact) mass is 227 g/mol. The number of thioether (sulfide) groups is 1. The Hall–Kier alpha value is -0.220. The summed E-state index contributed by atoms with van der Waals surface area (Å²) in [6.45, 7) is 5.70. The molecule has 2 aliphatic heterocycles. The molecular formula is C11H21N3S. The number of aliphatic imine (C=N–C) groups is 1. The van der Waals surface area contributed by atoms with E-state index in [4.69, 9.17) is 4.99 Å². The molecule has 2 fully saturated rings. The van der Waals surface area contributed by atoms with E-state index < -0.39 is 0 Å². The van der Waals surface area contributed by atoms with E-state index in [0.717, 1.165) is 12.5 Å². The number of amidine groups is 1. The molecule has 2 atom stereocenters. The van der Waals surface area contributed by atoms with Gasteiger partial charge in [-0.1, -0.05) is 11.8 Å². The van der Waals surface area contributed by atoms with Crippen molar-refractivity contribution in [1.82, 2.24) is 10.2 Å². The molecule has 0 aromatic heterocycles. The summed E-state index contributed by atoms with van der Waals surface area (Å²) >= 11 is 1.88. The second kappa shape index (κ2) is 5.21. The Kier molecular flexibility index (Phi) is 3.92. The van der Waals surface area contributed by atoms with Gasteiger partial charge in [0.25, 0.3) is 0 Å². The molecule has 4 heteroatoms. The van der Waals surface area contributed by atoms with Gasteiger partial charge in [0.2, 0.25) is 0 Å². The lowest BCUT2D eigenvalue weighted by atomic mass is 10.1. The van der Waals surface area contributed by atoms with Gasteiger partial charge in [0.1, 0.15) is 0 Å². The average Bonchev–Trinajstić information content (AvgIpc) is 2.62. The van der Waals surface area contributed by atoms with Crippen molar-refractivity contribution >= 4 is 16.9 Å². The molecule has 2 aliphatic rings. The summed E-state index contributed by atoms with van der Waals surface area (Å²) in [6, 6.07) is 0.608. The molecule has 2 heterocycles. The van der Waals surface area contributed by atoms with Crippen LogP contribution >= 0.6 is 11.8 Å². The van der Waals surface area contributed by atoms with Crippen LogP contribution in [0.4, 0.5) is 0 Å². The first-order valence-electron chi connectivity index (χ1n) is 5.86. The van der Waals surface area contributed by atoms with Crippen molar-refractivity contribution in [2.75, 3.05) is 32.4 Å². The van der Waals surface area contributed by atoms with E-state index in [2.05, 4.69) is 24.2 Å². The van der Waals surface area contributed by atoms with Crippen molar-refractivity contribution in [3.8, 4) is 0 Å². The second-order valence-corrected chi connectivity index (χ2v) is 5.83. The third kappa shape index (κ3) is 3.38. The second-order valence-electron chi connectivity index (χ2n) is 4.75. The third-order valence-corrected chi connectivity index (χ3v) is 4.10. The van der Waals surface area contributed by atoms with E-state index in [9.17, 15) is 0 Å². The molecule has 0 saturated carbocycles. The summed E-state index contributed by atoms with van der Waals surface area (Å²) in [7, 11) is 2.20. The highest BCUT2D eigenvalue weighted by atomic mass is 32.2. The number of nitrogens with one attached hydrogen (secondary N) is 1. The summed E-state index contributed by atoms with van der Waals surface area (Å²) in [5.74, 6) is 2.00. The zero-order valence-corrected chi connectivity index (χ0v) is 10.5. The van der Waals surface area contributed by atoms with Crippen LogP contribution in [-0.4, -0.2) is 48.5 Å². The molecular weight excluding hydrogens is 206 g/mol. The Labute approximate surface area is 96.7 Å². The van der Waals surface area contributed by atoms with Gasteiger partial charge >= 0.3 is 0 Å². The molecule has 0 aromatic rings. The molecule has 0 aliphatic carbocycles. The maximum atomic E-state index is 4.69. The van der Waals surface area contributed by atoms with E-state index >= 15 is 0 Å². The molecule has 0 spiro atoms. The van der Waals surface area contributed by atoms with Crippen LogP contribution in [0, 0.1) is 5.92 Å². The minimum absolute atomic E-state index is 0.608. The van der Waals surface area contributed by atoms with Gasteiger partial charge < -0.3 is 10.2 Å². The van der Waals surface area contributed by atoms with E-state index in [1.54, 1.807) is 0 Å². The maximum Gasteiger partial charge on any atom is 0.156 e. The van der Waals surface area contributed by atoms with Crippen LogP contribution in [-0.2, 0) is 0 Å². The highest BCUT2D eigenvalue weighted by Gasteiger charge is 2.19. The van der Waals surface area contributed by atoms with Crippen molar-refractivity contribution in [3.63, 3.8) is 0 Å². The Bertz CT molecular complexity index is 242. The Morgan fingerprint density at radius 2 is 2.40 bits per heavy atom. The molecule has 15 heavy (non-hydrogen) atoms. The van der Waals surface area contributed by atoms with Crippen LogP contribution in [0.25, 0.3) is 0 Å². The van der Waals surface area contributed by atoms with E-state index in [1.807, 2.05) is 11.8 Å². The number of hydrogen-bond acceptors (Lipinski definition) is 3. The number of nitrogens with zero attached hydrogens (tertiary/aromatic N) is 2. The lowest BCUT2D eigenvalue weighted by Gasteiger charge is -2.22. The summed E-state index contributed by atoms with van der Waals surface area (Å²) in [4.78, 5) is 7.09. The van der Waals surface area contributed by atoms with Crippen molar-refractivity contribution in [3.05, 3.63) is 0 Å². The van der Waals surface area contributed by atoms with Crippen LogP contribution in [0.3, 0.4) is 0 Å². The molecule has 0 radical (unpaired) electrons. The van der Waals surface area contributed by atoms with Crippen molar-refractivity contribution in [1.29, 1.82) is 0 Å². The Morgan fingerprint density at radius 1 is 1.53 bits per heavy atom. The van der Waals surface area contributed by atoms with Gasteiger partial charge in [0.05, 0.1) is 0 Å². The third-order valence-electron chi connectivity index (χ3n) is 3.14. The van der Waals surface area contributed by atoms with Crippen LogP contribution in [0.5, 0.6) is 0 Å². The summed E-state index contributed by atoms with van der Waals surface area (Å²) in [5, 5.41) is 4.62. The molecule has 3 nitrogen and oxygen atoms in total. The predicted octanol–water partition coefficient (Wildman–Crippen LogP) is 1.41.